The number of fused-ring (bicyclic) bond motifs is 2. The molecule has 0 radical (unpaired) electrons. The first kappa shape index (κ1) is 10.9. The van der Waals surface area contributed by atoms with Gasteiger partial charge in [0, 0.05) is 5.92 Å². The second-order valence-corrected chi connectivity index (χ2v) is 4.57. The average Bonchev–Trinajstić information content (AvgIpc) is 2.23. The Kier molecular flexibility index (Phi) is 2.33. The molecular formula is C11H12O5. The van der Waals surface area contributed by atoms with Crippen LogP contribution in [0.3, 0.4) is 0 Å². The van der Waals surface area contributed by atoms with Gasteiger partial charge in [-0.1, -0.05) is 6.08 Å². The van der Waals surface area contributed by atoms with Gasteiger partial charge in [0.2, 0.25) is 0 Å². The van der Waals surface area contributed by atoms with E-state index in [0.717, 1.165) is 0 Å². The Bertz CT molecular complexity index is 397. The predicted molar refractivity (Wildman–Crippen MR) is 52.7 cm³/mol. The van der Waals surface area contributed by atoms with Crippen LogP contribution in [0.2, 0.25) is 0 Å². The van der Waals surface area contributed by atoms with Gasteiger partial charge < -0.3 is 10.2 Å². The molecular weight excluding hydrogens is 212 g/mol. The molecule has 0 amide bonds. The Morgan fingerprint density at radius 3 is 2.56 bits per heavy atom. The molecule has 2 aliphatic rings. The minimum absolute atomic E-state index is 0.0813. The van der Waals surface area contributed by atoms with Gasteiger partial charge in [-0.25, -0.2) is 0 Å². The number of hydrogen-bond acceptors (Lipinski definition) is 3. The van der Waals surface area contributed by atoms with Crippen LogP contribution in [0.25, 0.3) is 0 Å². The monoisotopic (exact) mass is 224 g/mol. The van der Waals surface area contributed by atoms with Gasteiger partial charge in [-0.05, 0) is 25.3 Å². The number of carboxylic acids is 2. The summed E-state index contributed by atoms with van der Waals surface area (Å²) >= 11 is 0. The van der Waals surface area contributed by atoms with E-state index >= 15 is 0 Å². The summed E-state index contributed by atoms with van der Waals surface area (Å²) in [6, 6.07) is 0. The Labute approximate surface area is 91.8 Å². The zero-order valence-corrected chi connectivity index (χ0v) is 8.55. The molecule has 0 spiro atoms. The van der Waals surface area contributed by atoms with Crippen LogP contribution in [0.4, 0.5) is 0 Å². The van der Waals surface area contributed by atoms with Gasteiger partial charge >= 0.3 is 11.9 Å². The number of rotatable bonds is 2. The van der Waals surface area contributed by atoms with E-state index in [-0.39, 0.29) is 25.0 Å². The summed E-state index contributed by atoms with van der Waals surface area (Å²) < 4.78 is 0. The van der Waals surface area contributed by atoms with Gasteiger partial charge in [-0.3, -0.25) is 14.4 Å². The smallest absolute Gasteiger partial charge is 0.313 e. The highest BCUT2D eigenvalue weighted by molar-refractivity contribution is 5.96. The summed E-state index contributed by atoms with van der Waals surface area (Å²) in [7, 11) is 0. The van der Waals surface area contributed by atoms with Gasteiger partial charge in [0.25, 0.3) is 0 Å². The quantitative estimate of drug-likeness (QED) is 0.720. The van der Waals surface area contributed by atoms with E-state index in [1.165, 1.54) is 12.2 Å². The van der Waals surface area contributed by atoms with Crippen molar-refractivity contribution in [2.45, 2.75) is 19.3 Å². The van der Waals surface area contributed by atoms with Crippen molar-refractivity contribution in [1.82, 2.24) is 0 Å². The van der Waals surface area contributed by atoms with Gasteiger partial charge in [0.15, 0.2) is 5.78 Å². The number of ketones is 1. The molecule has 1 saturated carbocycles. The first-order chi connectivity index (χ1) is 7.44. The molecule has 2 aliphatic carbocycles. The molecule has 16 heavy (non-hydrogen) atoms. The van der Waals surface area contributed by atoms with Crippen molar-refractivity contribution in [3.05, 3.63) is 12.2 Å². The Morgan fingerprint density at radius 2 is 2.00 bits per heavy atom. The Balaban J connectivity index is 2.37. The van der Waals surface area contributed by atoms with Crippen LogP contribution in [0, 0.1) is 17.3 Å². The minimum Gasteiger partial charge on any atom is -0.481 e. The molecule has 0 aromatic heterocycles. The van der Waals surface area contributed by atoms with Crippen LogP contribution >= 0.6 is 0 Å². The number of allylic oxidation sites excluding steroid dienone is 1. The summed E-state index contributed by atoms with van der Waals surface area (Å²) in [5, 5.41) is 18.1. The molecule has 0 aliphatic heterocycles. The molecule has 5 nitrogen and oxygen atoms in total. The van der Waals surface area contributed by atoms with Crippen molar-refractivity contribution in [2.24, 2.45) is 17.3 Å². The fraction of sp³-hybridized carbons (Fsp3) is 0.545. The molecule has 0 unspecified atom stereocenters. The largest absolute Gasteiger partial charge is 0.481 e. The standard InChI is InChI=1S/C11H12O5/c12-8-1-2-11(10(15)16)4-6(8)3-7(5-11)9(13)14/h1-2,6-7H,3-5H2,(H,13,14)(H,15,16)/t6-,7+,11+/m1/s1. The third kappa shape index (κ3) is 1.52. The maximum Gasteiger partial charge on any atom is 0.313 e. The molecule has 1 fully saturated rings. The lowest BCUT2D eigenvalue weighted by atomic mass is 9.61. The van der Waals surface area contributed by atoms with E-state index in [9.17, 15) is 19.5 Å². The maximum absolute atomic E-state index is 11.5. The summed E-state index contributed by atoms with van der Waals surface area (Å²) in [4.78, 5) is 33.6. The topological polar surface area (TPSA) is 91.7 Å². The lowest BCUT2D eigenvalue weighted by molar-refractivity contribution is -0.155. The highest BCUT2D eigenvalue weighted by atomic mass is 16.4. The van der Waals surface area contributed by atoms with Crippen LogP contribution in [0.15, 0.2) is 12.2 Å². The first-order valence-corrected chi connectivity index (χ1v) is 5.14. The van der Waals surface area contributed by atoms with Crippen molar-refractivity contribution in [3.8, 4) is 0 Å². The van der Waals surface area contributed by atoms with Gasteiger partial charge in [-0.15, -0.1) is 0 Å². The summed E-state index contributed by atoms with van der Waals surface area (Å²) in [6.45, 7) is 0. The van der Waals surface area contributed by atoms with Gasteiger partial charge in [0.05, 0.1) is 11.3 Å². The minimum atomic E-state index is -1.15. The van der Waals surface area contributed by atoms with Crippen molar-refractivity contribution in [2.75, 3.05) is 0 Å². The molecule has 86 valence electrons. The summed E-state index contributed by atoms with van der Waals surface area (Å²) in [5.41, 5.74) is -1.15. The number of hydrogen-bond donors (Lipinski definition) is 2. The second kappa shape index (κ2) is 3.43. The third-order valence-electron chi connectivity index (χ3n) is 3.53. The van der Waals surface area contributed by atoms with E-state index in [1.54, 1.807) is 0 Å². The van der Waals surface area contributed by atoms with Crippen LogP contribution in [0.1, 0.15) is 19.3 Å². The van der Waals surface area contributed by atoms with Crippen molar-refractivity contribution >= 4 is 17.7 Å². The number of carbonyl (C=O) groups excluding carboxylic acids is 1. The van der Waals surface area contributed by atoms with Crippen LogP contribution < -0.4 is 0 Å². The molecule has 5 heteroatoms. The second-order valence-electron chi connectivity index (χ2n) is 4.57. The summed E-state index contributed by atoms with van der Waals surface area (Å²) in [5.74, 6) is -3.38. The van der Waals surface area contributed by atoms with Crippen molar-refractivity contribution < 1.29 is 24.6 Å². The van der Waals surface area contributed by atoms with Crippen LogP contribution in [-0.4, -0.2) is 27.9 Å². The normalized spacial score (nSPS) is 37.1. The van der Waals surface area contributed by atoms with E-state index in [0.29, 0.717) is 0 Å². The lowest BCUT2D eigenvalue weighted by Crippen LogP contribution is -2.44. The molecule has 2 rings (SSSR count). The van der Waals surface area contributed by atoms with Gasteiger partial charge in [-0.2, -0.15) is 0 Å². The third-order valence-corrected chi connectivity index (χ3v) is 3.53. The predicted octanol–water partition coefficient (Wildman–Crippen LogP) is 0.697. The Morgan fingerprint density at radius 1 is 1.31 bits per heavy atom. The average molecular weight is 224 g/mol. The zero-order chi connectivity index (χ0) is 11.9. The number of aliphatic carboxylic acids is 2. The van der Waals surface area contributed by atoms with Crippen LogP contribution in [-0.2, 0) is 14.4 Å². The molecule has 0 aromatic carbocycles. The van der Waals surface area contributed by atoms with Gasteiger partial charge in [0.1, 0.15) is 0 Å². The molecule has 2 N–H and O–H groups in total. The van der Waals surface area contributed by atoms with E-state index in [1.807, 2.05) is 0 Å². The van der Waals surface area contributed by atoms with Crippen molar-refractivity contribution in [1.29, 1.82) is 0 Å². The SMILES string of the molecule is O=C(O)[C@H]1C[C@@H]2C[C@@](C(=O)O)(C=CC2=O)C1. The molecule has 0 aromatic rings. The van der Waals surface area contributed by atoms with Crippen molar-refractivity contribution in [3.63, 3.8) is 0 Å². The van der Waals surface area contributed by atoms with E-state index in [4.69, 9.17) is 5.11 Å². The first-order valence-electron chi connectivity index (χ1n) is 5.14. The fourth-order valence-electron chi connectivity index (χ4n) is 2.64. The Hall–Kier alpha value is -1.65. The molecule has 2 bridgehead atoms. The molecule has 0 heterocycles. The highest BCUT2D eigenvalue weighted by Gasteiger charge is 2.50. The number of carbonyl (C=O) groups is 3. The highest BCUT2D eigenvalue weighted by Crippen LogP contribution is 2.46. The number of carboxylic acid groups (broad SMARTS) is 2. The summed E-state index contributed by atoms with van der Waals surface area (Å²) in [6.07, 6.45) is 3.23. The fourth-order valence-corrected chi connectivity index (χ4v) is 2.64. The zero-order valence-electron chi connectivity index (χ0n) is 8.55. The van der Waals surface area contributed by atoms with E-state index < -0.39 is 29.2 Å². The van der Waals surface area contributed by atoms with E-state index in [2.05, 4.69) is 0 Å². The lowest BCUT2D eigenvalue weighted by Gasteiger charge is -2.40. The van der Waals surface area contributed by atoms with Crippen LogP contribution in [0.5, 0.6) is 0 Å². The molecule has 3 atom stereocenters. The maximum atomic E-state index is 11.5. The molecule has 0 saturated heterocycles.